The summed E-state index contributed by atoms with van der Waals surface area (Å²) in [4.78, 5) is 11.3. The number of ether oxygens (including phenoxy) is 1. The molecule has 0 atom stereocenters. The average molecular weight is 216 g/mol. The second-order valence-corrected chi connectivity index (χ2v) is 3.49. The summed E-state index contributed by atoms with van der Waals surface area (Å²) < 4.78 is 4.25. The van der Waals surface area contributed by atoms with E-state index in [4.69, 9.17) is 0 Å². The Labute approximate surface area is 95.9 Å². The van der Waals surface area contributed by atoms with E-state index in [0.29, 0.717) is 0 Å². The van der Waals surface area contributed by atoms with E-state index in [1.807, 2.05) is 42.5 Å². The molecule has 16 heavy (non-hydrogen) atoms. The molecule has 0 fully saturated rings. The van der Waals surface area contributed by atoms with Gasteiger partial charge in [-0.15, -0.1) is 0 Å². The second-order valence-electron chi connectivity index (χ2n) is 3.49. The first-order valence-electron chi connectivity index (χ1n) is 5.09. The summed E-state index contributed by atoms with van der Waals surface area (Å²) in [5.41, 5.74) is 0.804. The third kappa shape index (κ3) is 2.91. The molecular formula is C14H16O2. The van der Waals surface area contributed by atoms with Gasteiger partial charge >= 0.3 is 0 Å². The summed E-state index contributed by atoms with van der Waals surface area (Å²) in [6.07, 6.45) is 0. The standard InChI is InChI=1S/C12H10O.C2H6O/c1-9(13)11-8-4-6-10-5-2-3-7-12(10)11;1-3-2/h2-8H,1H3;1-2H3. The minimum atomic E-state index is 0.122. The Bertz CT molecular complexity index is 470. The van der Waals surface area contributed by atoms with Crippen LogP contribution in [0.3, 0.4) is 0 Å². The number of ketones is 1. The number of hydrogen-bond donors (Lipinski definition) is 0. The van der Waals surface area contributed by atoms with Crippen LogP contribution in [0.2, 0.25) is 0 Å². The first-order chi connectivity index (χ1) is 7.70. The van der Waals surface area contributed by atoms with E-state index in [2.05, 4.69) is 4.74 Å². The van der Waals surface area contributed by atoms with Gasteiger partial charge in [0.15, 0.2) is 5.78 Å². The molecule has 0 radical (unpaired) electrons. The number of carbonyl (C=O) groups excluding carboxylic acids is 1. The van der Waals surface area contributed by atoms with Gasteiger partial charge in [0.1, 0.15) is 0 Å². The molecule has 0 saturated carbocycles. The van der Waals surface area contributed by atoms with Crippen LogP contribution in [0.5, 0.6) is 0 Å². The van der Waals surface area contributed by atoms with Crippen LogP contribution in [0.1, 0.15) is 17.3 Å². The molecule has 0 saturated heterocycles. The number of benzene rings is 2. The Balaban J connectivity index is 0.000000386. The molecule has 2 aromatic carbocycles. The van der Waals surface area contributed by atoms with E-state index in [1.54, 1.807) is 21.1 Å². The topological polar surface area (TPSA) is 26.3 Å². The fourth-order valence-corrected chi connectivity index (χ4v) is 1.53. The lowest BCUT2D eigenvalue weighted by Gasteiger charge is -2.01. The van der Waals surface area contributed by atoms with Crippen LogP contribution in [0.25, 0.3) is 10.8 Å². The summed E-state index contributed by atoms with van der Waals surface area (Å²) >= 11 is 0. The maximum absolute atomic E-state index is 11.3. The van der Waals surface area contributed by atoms with Crippen LogP contribution in [0, 0.1) is 0 Å². The van der Waals surface area contributed by atoms with Gasteiger partial charge in [0.25, 0.3) is 0 Å². The summed E-state index contributed by atoms with van der Waals surface area (Å²) in [7, 11) is 3.25. The predicted octanol–water partition coefficient (Wildman–Crippen LogP) is 3.31. The number of rotatable bonds is 1. The van der Waals surface area contributed by atoms with E-state index >= 15 is 0 Å². The fourth-order valence-electron chi connectivity index (χ4n) is 1.53. The molecule has 0 aromatic heterocycles. The Morgan fingerprint density at radius 2 is 1.56 bits per heavy atom. The molecule has 0 aliphatic rings. The zero-order chi connectivity index (χ0) is 12.0. The Hall–Kier alpha value is -1.67. The SMILES string of the molecule is CC(=O)c1cccc2ccccc12.COC. The smallest absolute Gasteiger partial charge is 0.160 e. The molecular weight excluding hydrogens is 200 g/mol. The number of Topliss-reactive ketones (excluding diaryl/α,β-unsaturated/α-hetero) is 1. The fraction of sp³-hybridized carbons (Fsp3) is 0.214. The minimum Gasteiger partial charge on any atom is -0.388 e. The van der Waals surface area contributed by atoms with Crippen molar-refractivity contribution >= 4 is 16.6 Å². The highest BCUT2D eigenvalue weighted by atomic mass is 16.4. The maximum atomic E-state index is 11.3. The van der Waals surface area contributed by atoms with Crippen molar-refractivity contribution in [2.24, 2.45) is 0 Å². The van der Waals surface area contributed by atoms with Crippen molar-refractivity contribution < 1.29 is 9.53 Å². The first kappa shape index (κ1) is 12.4. The zero-order valence-electron chi connectivity index (χ0n) is 9.86. The van der Waals surface area contributed by atoms with E-state index in [9.17, 15) is 4.79 Å². The van der Waals surface area contributed by atoms with Gasteiger partial charge in [-0.2, -0.15) is 0 Å². The van der Waals surface area contributed by atoms with E-state index in [-0.39, 0.29) is 5.78 Å². The quantitative estimate of drug-likeness (QED) is 0.684. The van der Waals surface area contributed by atoms with Gasteiger partial charge < -0.3 is 4.74 Å². The van der Waals surface area contributed by atoms with E-state index < -0.39 is 0 Å². The van der Waals surface area contributed by atoms with Gasteiger partial charge in [-0.3, -0.25) is 4.79 Å². The van der Waals surface area contributed by atoms with E-state index in [0.717, 1.165) is 16.3 Å². The number of fused-ring (bicyclic) bond motifs is 1. The molecule has 0 amide bonds. The third-order valence-corrected chi connectivity index (χ3v) is 2.17. The van der Waals surface area contributed by atoms with Crippen molar-refractivity contribution in [3.8, 4) is 0 Å². The van der Waals surface area contributed by atoms with Crippen molar-refractivity contribution in [1.29, 1.82) is 0 Å². The van der Waals surface area contributed by atoms with Crippen molar-refractivity contribution in [2.75, 3.05) is 14.2 Å². The second kappa shape index (κ2) is 6.03. The van der Waals surface area contributed by atoms with Crippen LogP contribution in [0.4, 0.5) is 0 Å². The molecule has 0 aliphatic carbocycles. The summed E-state index contributed by atoms with van der Waals surface area (Å²) in [5, 5.41) is 2.16. The number of methoxy groups -OCH3 is 1. The van der Waals surface area contributed by atoms with Gasteiger partial charge in [-0.05, 0) is 17.7 Å². The van der Waals surface area contributed by atoms with Gasteiger partial charge in [0.2, 0.25) is 0 Å². The number of hydrogen-bond acceptors (Lipinski definition) is 2. The molecule has 0 bridgehead atoms. The van der Waals surface area contributed by atoms with Crippen LogP contribution in [-0.2, 0) is 4.74 Å². The molecule has 84 valence electrons. The van der Waals surface area contributed by atoms with Gasteiger partial charge in [-0.25, -0.2) is 0 Å². The molecule has 0 heterocycles. The number of carbonyl (C=O) groups is 1. The Kier molecular flexibility index (Phi) is 4.67. The zero-order valence-corrected chi connectivity index (χ0v) is 9.86. The lowest BCUT2D eigenvalue weighted by Crippen LogP contribution is -1.92. The van der Waals surface area contributed by atoms with Crippen LogP contribution in [0.15, 0.2) is 42.5 Å². The van der Waals surface area contributed by atoms with Crippen molar-refractivity contribution in [3.63, 3.8) is 0 Å². The molecule has 0 aliphatic heterocycles. The minimum absolute atomic E-state index is 0.122. The largest absolute Gasteiger partial charge is 0.388 e. The van der Waals surface area contributed by atoms with Gasteiger partial charge in [0, 0.05) is 19.8 Å². The van der Waals surface area contributed by atoms with E-state index in [1.165, 1.54) is 0 Å². The molecule has 2 nitrogen and oxygen atoms in total. The monoisotopic (exact) mass is 216 g/mol. The van der Waals surface area contributed by atoms with Crippen molar-refractivity contribution in [1.82, 2.24) is 0 Å². The summed E-state index contributed by atoms with van der Waals surface area (Å²) in [6, 6.07) is 13.7. The van der Waals surface area contributed by atoms with Crippen LogP contribution in [-0.4, -0.2) is 20.0 Å². The van der Waals surface area contributed by atoms with Crippen molar-refractivity contribution in [3.05, 3.63) is 48.0 Å². The highest BCUT2D eigenvalue weighted by molar-refractivity contribution is 6.06. The normalized spacial score (nSPS) is 9.44. The predicted molar refractivity (Wildman–Crippen MR) is 66.9 cm³/mol. The highest BCUT2D eigenvalue weighted by Crippen LogP contribution is 2.18. The summed E-state index contributed by atoms with van der Waals surface area (Å²) in [5.74, 6) is 0.122. The van der Waals surface area contributed by atoms with Gasteiger partial charge in [0.05, 0.1) is 0 Å². The average Bonchev–Trinajstić information content (AvgIpc) is 2.29. The lowest BCUT2D eigenvalue weighted by molar-refractivity contribution is 0.101. The lowest BCUT2D eigenvalue weighted by atomic mass is 10.0. The molecule has 0 N–H and O–H groups in total. The van der Waals surface area contributed by atoms with Gasteiger partial charge in [-0.1, -0.05) is 42.5 Å². The molecule has 0 spiro atoms. The summed E-state index contributed by atoms with van der Waals surface area (Å²) in [6.45, 7) is 1.60. The van der Waals surface area contributed by atoms with Crippen LogP contribution >= 0.6 is 0 Å². The Morgan fingerprint density at radius 3 is 2.19 bits per heavy atom. The Morgan fingerprint density at radius 1 is 1.00 bits per heavy atom. The molecule has 0 unspecified atom stereocenters. The van der Waals surface area contributed by atoms with Crippen molar-refractivity contribution in [2.45, 2.75) is 6.92 Å². The first-order valence-corrected chi connectivity index (χ1v) is 5.09. The maximum Gasteiger partial charge on any atom is 0.160 e. The molecule has 2 rings (SSSR count). The third-order valence-electron chi connectivity index (χ3n) is 2.17. The molecule has 2 heteroatoms. The van der Waals surface area contributed by atoms with Crippen LogP contribution < -0.4 is 0 Å². The molecule has 2 aromatic rings. The highest BCUT2D eigenvalue weighted by Gasteiger charge is 2.02.